The zero-order chi connectivity index (χ0) is 19.4. The van der Waals surface area contributed by atoms with Crippen molar-refractivity contribution in [2.45, 2.75) is 13.5 Å². The third-order valence-electron chi connectivity index (χ3n) is 3.88. The third kappa shape index (κ3) is 4.20. The van der Waals surface area contributed by atoms with E-state index in [9.17, 15) is 18.4 Å². The average molecular weight is 368 g/mol. The first-order valence-electron chi connectivity index (χ1n) is 7.95. The van der Waals surface area contributed by atoms with Crippen LogP contribution in [-0.4, -0.2) is 28.1 Å². The molecule has 0 N–H and O–H groups in total. The summed E-state index contributed by atoms with van der Waals surface area (Å²) in [6, 6.07) is 10.5. The molecule has 0 aliphatic heterocycles. The van der Waals surface area contributed by atoms with Crippen molar-refractivity contribution in [3.05, 3.63) is 77.9 Å². The molecule has 0 aliphatic carbocycles. The van der Waals surface area contributed by atoms with Crippen LogP contribution in [0.1, 0.15) is 26.3 Å². The maximum Gasteiger partial charge on any atom is 0.387 e. The fourth-order valence-corrected chi connectivity index (χ4v) is 2.57. The Balaban J connectivity index is 1.86. The Morgan fingerprint density at radius 2 is 1.59 bits per heavy atom. The van der Waals surface area contributed by atoms with Crippen molar-refractivity contribution in [3.8, 4) is 16.9 Å². The summed E-state index contributed by atoms with van der Waals surface area (Å²) in [7, 11) is 0. The number of nitrogens with zero attached hydrogens (tertiary/aromatic N) is 2. The van der Waals surface area contributed by atoms with Gasteiger partial charge in [-0.25, -0.2) is 9.97 Å². The number of halogens is 2. The molecule has 1 aromatic heterocycles. The molecule has 136 valence electrons. The van der Waals surface area contributed by atoms with E-state index in [1.165, 1.54) is 37.5 Å². The Bertz CT molecular complexity index is 992. The fraction of sp³-hybridized carbons (Fsp3) is 0.100. The summed E-state index contributed by atoms with van der Waals surface area (Å²) in [4.78, 5) is 32.9. The van der Waals surface area contributed by atoms with E-state index in [4.69, 9.17) is 0 Å². The summed E-state index contributed by atoms with van der Waals surface area (Å²) in [5.74, 6) is -1.47. The molecule has 3 rings (SSSR count). The number of carbonyl (C=O) groups excluding carboxylic acids is 2. The van der Waals surface area contributed by atoms with Gasteiger partial charge in [0, 0.05) is 29.1 Å². The first kappa shape index (κ1) is 18.3. The van der Waals surface area contributed by atoms with E-state index in [-0.39, 0.29) is 16.9 Å². The lowest BCUT2D eigenvalue weighted by Crippen LogP contribution is -2.15. The van der Waals surface area contributed by atoms with Crippen LogP contribution < -0.4 is 4.74 Å². The highest BCUT2D eigenvalue weighted by Crippen LogP contribution is 2.23. The normalized spacial score (nSPS) is 10.7. The molecule has 3 aromatic rings. The highest BCUT2D eigenvalue weighted by molar-refractivity contribution is 6.49. The number of hydrogen-bond acceptors (Lipinski definition) is 5. The number of benzene rings is 2. The van der Waals surface area contributed by atoms with Gasteiger partial charge < -0.3 is 4.74 Å². The van der Waals surface area contributed by atoms with Gasteiger partial charge in [0.05, 0.1) is 0 Å². The molecule has 1 heterocycles. The Kier molecular flexibility index (Phi) is 5.30. The summed E-state index contributed by atoms with van der Waals surface area (Å²) < 4.78 is 29.0. The second kappa shape index (κ2) is 7.82. The molecule has 0 fully saturated rings. The van der Waals surface area contributed by atoms with E-state index in [1.807, 2.05) is 0 Å². The minimum Gasteiger partial charge on any atom is -0.435 e. The van der Waals surface area contributed by atoms with Crippen molar-refractivity contribution in [2.24, 2.45) is 0 Å². The van der Waals surface area contributed by atoms with Crippen molar-refractivity contribution >= 4 is 11.6 Å². The Morgan fingerprint density at radius 3 is 2.22 bits per heavy atom. The molecule has 0 saturated carbocycles. The predicted octanol–water partition coefficient (Wildman–Crippen LogP) is 4.12. The number of hydrogen-bond donors (Lipinski definition) is 0. The van der Waals surface area contributed by atoms with Gasteiger partial charge in [-0.15, -0.1) is 0 Å². The summed E-state index contributed by atoms with van der Waals surface area (Å²) >= 11 is 0. The van der Waals surface area contributed by atoms with Crippen LogP contribution in [0.15, 0.2) is 61.2 Å². The predicted molar refractivity (Wildman–Crippen MR) is 93.9 cm³/mol. The van der Waals surface area contributed by atoms with Crippen molar-refractivity contribution in [1.82, 2.24) is 9.97 Å². The van der Waals surface area contributed by atoms with Gasteiger partial charge in [-0.2, -0.15) is 8.78 Å². The van der Waals surface area contributed by atoms with Gasteiger partial charge in [-0.1, -0.05) is 18.2 Å². The number of aryl methyl sites for hydroxylation is 1. The number of ether oxygens (including phenoxy) is 1. The highest BCUT2D eigenvalue weighted by atomic mass is 19.3. The summed E-state index contributed by atoms with van der Waals surface area (Å²) in [6.07, 6.45) is 4.60. The molecule has 2 aromatic carbocycles. The third-order valence-corrected chi connectivity index (χ3v) is 3.88. The van der Waals surface area contributed by atoms with E-state index in [0.29, 0.717) is 16.7 Å². The summed E-state index contributed by atoms with van der Waals surface area (Å²) in [5, 5.41) is 0. The van der Waals surface area contributed by atoms with E-state index < -0.39 is 18.2 Å². The second-order valence-electron chi connectivity index (χ2n) is 5.72. The second-order valence-corrected chi connectivity index (χ2v) is 5.72. The van der Waals surface area contributed by atoms with Crippen LogP contribution in [0, 0.1) is 6.92 Å². The molecule has 0 atom stereocenters. The maximum atomic E-state index is 12.6. The summed E-state index contributed by atoms with van der Waals surface area (Å²) in [6.45, 7) is -1.44. The van der Waals surface area contributed by atoms with E-state index in [0.717, 1.165) is 0 Å². The number of carbonyl (C=O) groups is 2. The van der Waals surface area contributed by atoms with Crippen LogP contribution in [0.2, 0.25) is 0 Å². The van der Waals surface area contributed by atoms with Gasteiger partial charge in [0.2, 0.25) is 11.6 Å². The molecule has 0 amide bonds. The lowest BCUT2D eigenvalue weighted by atomic mass is 9.97. The minimum atomic E-state index is -2.96. The molecular weight excluding hydrogens is 354 g/mol. The van der Waals surface area contributed by atoms with E-state index >= 15 is 0 Å². The standard InChI is InChI=1S/C20H14F2N2O3/c1-12-7-15(5-6-17(12)27-20(21)22)19(26)18(25)14-4-2-3-13(8-14)16-9-23-11-24-10-16/h2-11,20H,1H3. The van der Waals surface area contributed by atoms with Gasteiger partial charge in [0.25, 0.3) is 0 Å². The van der Waals surface area contributed by atoms with Crippen molar-refractivity contribution < 1.29 is 23.1 Å². The zero-order valence-electron chi connectivity index (χ0n) is 14.2. The number of aromatic nitrogens is 2. The average Bonchev–Trinajstić information content (AvgIpc) is 2.69. The number of ketones is 2. The number of rotatable bonds is 6. The van der Waals surface area contributed by atoms with Gasteiger partial charge in [-0.05, 0) is 42.3 Å². The maximum absolute atomic E-state index is 12.6. The monoisotopic (exact) mass is 368 g/mol. The lowest BCUT2D eigenvalue weighted by Gasteiger charge is -2.09. The topological polar surface area (TPSA) is 69.2 Å². The van der Waals surface area contributed by atoms with Crippen LogP contribution in [0.5, 0.6) is 5.75 Å². The fourth-order valence-electron chi connectivity index (χ4n) is 2.57. The molecule has 0 radical (unpaired) electrons. The first-order valence-corrected chi connectivity index (χ1v) is 7.95. The molecule has 27 heavy (non-hydrogen) atoms. The van der Waals surface area contributed by atoms with Crippen LogP contribution in [-0.2, 0) is 0 Å². The van der Waals surface area contributed by atoms with Crippen LogP contribution >= 0.6 is 0 Å². The minimum absolute atomic E-state index is 0.0416. The SMILES string of the molecule is Cc1cc(C(=O)C(=O)c2cccc(-c3cncnc3)c2)ccc1OC(F)F. The highest BCUT2D eigenvalue weighted by Gasteiger charge is 2.20. The Hall–Kier alpha value is -3.48. The zero-order valence-corrected chi connectivity index (χ0v) is 14.2. The molecule has 0 bridgehead atoms. The molecule has 0 aliphatic rings. The Labute approximate surface area is 153 Å². The largest absolute Gasteiger partial charge is 0.435 e. The molecule has 0 saturated heterocycles. The van der Waals surface area contributed by atoms with Crippen LogP contribution in [0.25, 0.3) is 11.1 Å². The van der Waals surface area contributed by atoms with Crippen LogP contribution in [0.4, 0.5) is 8.78 Å². The van der Waals surface area contributed by atoms with Gasteiger partial charge in [0.1, 0.15) is 12.1 Å². The molecule has 0 unspecified atom stereocenters. The Morgan fingerprint density at radius 1 is 0.926 bits per heavy atom. The molecule has 5 nitrogen and oxygen atoms in total. The van der Waals surface area contributed by atoms with Crippen molar-refractivity contribution in [2.75, 3.05) is 0 Å². The van der Waals surface area contributed by atoms with E-state index in [1.54, 1.807) is 30.6 Å². The molecule has 0 spiro atoms. The lowest BCUT2D eigenvalue weighted by molar-refractivity contribution is -0.0502. The number of Topliss-reactive ketones (excluding diaryl/α,β-unsaturated/α-hetero) is 2. The smallest absolute Gasteiger partial charge is 0.387 e. The quantitative estimate of drug-likeness (QED) is 0.484. The van der Waals surface area contributed by atoms with Crippen molar-refractivity contribution in [3.63, 3.8) is 0 Å². The van der Waals surface area contributed by atoms with Gasteiger partial charge in [-0.3, -0.25) is 9.59 Å². The van der Waals surface area contributed by atoms with Crippen LogP contribution in [0.3, 0.4) is 0 Å². The van der Waals surface area contributed by atoms with E-state index in [2.05, 4.69) is 14.7 Å². The van der Waals surface area contributed by atoms with Gasteiger partial charge in [0.15, 0.2) is 0 Å². The van der Waals surface area contributed by atoms with Crippen molar-refractivity contribution in [1.29, 1.82) is 0 Å². The molecular formula is C20H14F2N2O3. The number of alkyl halides is 2. The van der Waals surface area contributed by atoms with Gasteiger partial charge >= 0.3 is 6.61 Å². The summed E-state index contributed by atoms with van der Waals surface area (Å²) in [5.41, 5.74) is 2.07. The first-order chi connectivity index (χ1) is 13.0. The molecule has 7 heteroatoms.